The molecule has 2 aromatic heterocycles. The maximum absolute atomic E-state index is 5.22. The van der Waals surface area contributed by atoms with Crippen molar-refractivity contribution in [3.05, 3.63) is 237 Å². The molecular weight excluding hydrogens is 727 g/mol. The van der Waals surface area contributed by atoms with Crippen LogP contribution in [0.4, 0.5) is 0 Å². The molecule has 3 nitrogen and oxygen atoms in total. The van der Waals surface area contributed by atoms with Gasteiger partial charge < -0.3 is 4.57 Å². The highest BCUT2D eigenvalue weighted by Crippen LogP contribution is 2.41. The Bertz CT molecular complexity index is 3290. The number of para-hydroxylation sites is 2. The summed E-state index contributed by atoms with van der Waals surface area (Å²) >= 11 is 0. The van der Waals surface area contributed by atoms with Gasteiger partial charge in [0, 0.05) is 27.6 Å². The fourth-order valence-corrected chi connectivity index (χ4v) is 8.74. The summed E-state index contributed by atoms with van der Waals surface area (Å²) in [5.74, 6) is 0. The van der Waals surface area contributed by atoms with Crippen molar-refractivity contribution in [2.45, 2.75) is 0 Å². The molecule has 0 spiro atoms. The van der Waals surface area contributed by atoms with Gasteiger partial charge in [-0.2, -0.15) is 5.10 Å². The summed E-state index contributed by atoms with van der Waals surface area (Å²) in [6, 6.07) is 84.6. The normalized spacial score (nSPS) is 11.3. The average molecular weight is 766 g/mol. The third kappa shape index (κ3) is 6.30. The first-order chi connectivity index (χ1) is 29.8. The van der Waals surface area contributed by atoms with Gasteiger partial charge in [0.1, 0.15) is 0 Å². The van der Waals surface area contributed by atoms with E-state index in [0.717, 1.165) is 39.5 Å². The monoisotopic (exact) mass is 765 g/mol. The first-order valence-electron chi connectivity index (χ1n) is 20.5. The highest BCUT2D eigenvalue weighted by Gasteiger charge is 2.18. The molecule has 11 aromatic rings. The summed E-state index contributed by atoms with van der Waals surface area (Å²) < 4.78 is 4.46. The van der Waals surface area contributed by atoms with Gasteiger partial charge in [0.05, 0.1) is 28.1 Å². The summed E-state index contributed by atoms with van der Waals surface area (Å²) in [7, 11) is 0. The van der Waals surface area contributed by atoms with Crippen molar-refractivity contribution in [2.24, 2.45) is 0 Å². The number of hydrogen-bond donors (Lipinski definition) is 0. The molecule has 2 heterocycles. The zero-order valence-corrected chi connectivity index (χ0v) is 32.9. The van der Waals surface area contributed by atoms with E-state index in [-0.39, 0.29) is 0 Å². The Morgan fingerprint density at radius 2 is 0.817 bits per heavy atom. The van der Waals surface area contributed by atoms with Gasteiger partial charge in [0.25, 0.3) is 0 Å². The molecule has 0 fully saturated rings. The summed E-state index contributed by atoms with van der Waals surface area (Å²) in [6.07, 6.45) is 0. The third-order valence-electron chi connectivity index (χ3n) is 11.6. The van der Waals surface area contributed by atoms with E-state index < -0.39 is 0 Å². The zero-order chi connectivity index (χ0) is 39.8. The second kappa shape index (κ2) is 15.1. The Labute approximate surface area is 349 Å². The molecule has 0 aliphatic heterocycles. The largest absolute Gasteiger partial charge is 0.309 e. The number of rotatable bonds is 8. The van der Waals surface area contributed by atoms with E-state index in [9.17, 15) is 0 Å². The molecule has 0 saturated carbocycles. The van der Waals surface area contributed by atoms with E-state index in [1.54, 1.807) is 0 Å². The zero-order valence-electron chi connectivity index (χ0n) is 32.9. The lowest BCUT2D eigenvalue weighted by molar-refractivity contribution is 0.892. The van der Waals surface area contributed by atoms with Crippen molar-refractivity contribution in [2.75, 3.05) is 0 Å². The molecule has 0 saturated heterocycles. The Kier molecular flexibility index (Phi) is 8.83. The van der Waals surface area contributed by atoms with Gasteiger partial charge >= 0.3 is 0 Å². The molecule has 0 bridgehead atoms. The predicted octanol–water partition coefficient (Wildman–Crippen LogP) is 15.0. The van der Waals surface area contributed by atoms with E-state index in [1.807, 2.05) is 6.07 Å². The van der Waals surface area contributed by atoms with E-state index >= 15 is 0 Å². The molecule has 0 amide bonds. The number of hydrogen-bond acceptors (Lipinski definition) is 1. The van der Waals surface area contributed by atoms with Crippen LogP contribution in [-0.4, -0.2) is 14.3 Å². The number of benzene rings is 9. The molecule has 0 aliphatic carbocycles. The number of fused-ring (bicyclic) bond motifs is 3. The van der Waals surface area contributed by atoms with Crippen molar-refractivity contribution in [3.8, 4) is 78.4 Å². The molecule has 11 rings (SSSR count). The van der Waals surface area contributed by atoms with Gasteiger partial charge in [0.2, 0.25) is 0 Å². The fourth-order valence-electron chi connectivity index (χ4n) is 8.74. The average Bonchev–Trinajstić information content (AvgIpc) is 3.93. The van der Waals surface area contributed by atoms with Gasteiger partial charge in [-0.3, -0.25) is 0 Å². The third-order valence-corrected chi connectivity index (χ3v) is 11.6. The van der Waals surface area contributed by atoms with Crippen LogP contribution in [0.15, 0.2) is 237 Å². The second-order valence-electron chi connectivity index (χ2n) is 15.2. The quantitative estimate of drug-likeness (QED) is 0.151. The van der Waals surface area contributed by atoms with E-state index in [2.05, 4.69) is 240 Å². The van der Waals surface area contributed by atoms with E-state index in [1.165, 1.54) is 60.8 Å². The minimum absolute atomic E-state index is 0.935. The van der Waals surface area contributed by atoms with Gasteiger partial charge in [0.15, 0.2) is 0 Å². The van der Waals surface area contributed by atoms with Gasteiger partial charge in [-0.05, 0) is 99.1 Å². The Balaban J connectivity index is 0.988. The molecule has 9 aromatic carbocycles. The first kappa shape index (κ1) is 35.2. The maximum atomic E-state index is 5.22. The van der Waals surface area contributed by atoms with Gasteiger partial charge in [-0.15, -0.1) is 0 Å². The standard InChI is InChI=1S/C57H39N3/c1-4-17-40(18-5-1)43-21-16-22-45(37-43)57-39-54(42-19-6-2-7-20-42)58-60(57)47-34-31-41(32-35-47)48-25-10-12-27-50(48)51-28-13-11-26-49(51)44-33-36-56-53(38-44)52-29-14-15-30-55(52)59(56)46-23-8-3-9-24-46/h1-39H. The summed E-state index contributed by atoms with van der Waals surface area (Å²) in [4.78, 5) is 0. The summed E-state index contributed by atoms with van der Waals surface area (Å²) in [5.41, 5.74) is 18.2. The smallest absolute Gasteiger partial charge is 0.0934 e. The van der Waals surface area contributed by atoms with Crippen molar-refractivity contribution < 1.29 is 0 Å². The molecular formula is C57H39N3. The van der Waals surface area contributed by atoms with Crippen molar-refractivity contribution in [1.82, 2.24) is 14.3 Å². The lowest BCUT2D eigenvalue weighted by Gasteiger charge is -2.16. The van der Waals surface area contributed by atoms with Crippen molar-refractivity contribution in [3.63, 3.8) is 0 Å². The van der Waals surface area contributed by atoms with Crippen molar-refractivity contribution in [1.29, 1.82) is 0 Å². The highest BCUT2D eigenvalue weighted by atomic mass is 15.3. The number of nitrogens with zero attached hydrogens (tertiary/aromatic N) is 3. The van der Waals surface area contributed by atoms with Gasteiger partial charge in [-0.1, -0.05) is 182 Å². The minimum atomic E-state index is 0.935. The molecule has 0 aliphatic rings. The number of aromatic nitrogens is 3. The highest BCUT2D eigenvalue weighted by molar-refractivity contribution is 6.11. The van der Waals surface area contributed by atoms with Crippen molar-refractivity contribution >= 4 is 21.8 Å². The van der Waals surface area contributed by atoms with E-state index in [0.29, 0.717) is 0 Å². The molecule has 60 heavy (non-hydrogen) atoms. The predicted molar refractivity (Wildman–Crippen MR) is 251 cm³/mol. The summed E-state index contributed by atoms with van der Waals surface area (Å²) in [5, 5.41) is 7.70. The van der Waals surface area contributed by atoms with Crippen LogP contribution >= 0.6 is 0 Å². The van der Waals surface area contributed by atoms with Crippen LogP contribution in [0.2, 0.25) is 0 Å². The molecule has 0 unspecified atom stereocenters. The molecule has 0 atom stereocenters. The summed E-state index contributed by atoms with van der Waals surface area (Å²) in [6.45, 7) is 0. The van der Waals surface area contributed by atoms with Crippen LogP contribution in [-0.2, 0) is 0 Å². The molecule has 0 radical (unpaired) electrons. The van der Waals surface area contributed by atoms with E-state index in [4.69, 9.17) is 5.10 Å². The lowest BCUT2D eigenvalue weighted by atomic mass is 9.89. The lowest BCUT2D eigenvalue weighted by Crippen LogP contribution is -1.99. The fraction of sp³-hybridized carbons (Fsp3) is 0. The Hall–Kier alpha value is -8.01. The van der Waals surface area contributed by atoms with Crippen LogP contribution in [0.25, 0.3) is 100 Å². The SMILES string of the molecule is c1ccc(-c2cccc(-c3cc(-c4ccccc4)nn3-c3ccc(-c4ccccc4-c4ccccc4-c4ccc5c(c4)c4ccccc4n5-c4ccccc4)cc3)c2)cc1. The maximum Gasteiger partial charge on any atom is 0.0934 e. The van der Waals surface area contributed by atoms with Crippen LogP contribution in [0.5, 0.6) is 0 Å². The van der Waals surface area contributed by atoms with Crippen LogP contribution in [0.3, 0.4) is 0 Å². The second-order valence-corrected chi connectivity index (χ2v) is 15.2. The minimum Gasteiger partial charge on any atom is -0.309 e. The molecule has 282 valence electrons. The first-order valence-corrected chi connectivity index (χ1v) is 20.5. The van der Waals surface area contributed by atoms with Crippen LogP contribution in [0, 0.1) is 0 Å². The van der Waals surface area contributed by atoms with Crippen LogP contribution < -0.4 is 0 Å². The van der Waals surface area contributed by atoms with Crippen LogP contribution in [0.1, 0.15) is 0 Å². The topological polar surface area (TPSA) is 22.8 Å². The Morgan fingerprint density at radius 1 is 0.283 bits per heavy atom. The van der Waals surface area contributed by atoms with Gasteiger partial charge in [-0.25, -0.2) is 4.68 Å². The molecule has 0 N–H and O–H groups in total. The molecule has 3 heteroatoms. The Morgan fingerprint density at radius 3 is 1.53 bits per heavy atom.